The average molecular weight is 349 g/mol. The Hall–Kier alpha value is -1.07. The number of rotatable bonds is 11. The quantitative estimate of drug-likeness (QED) is 0.186. The average Bonchev–Trinajstić information content (AvgIpc) is 2.47. The van der Waals surface area contributed by atoms with Gasteiger partial charge in [-0.25, -0.2) is 4.57 Å². The fraction of sp³-hybridized carbons (Fsp3) is 0.722. The lowest BCUT2D eigenvalue weighted by Gasteiger charge is -2.01. The van der Waals surface area contributed by atoms with Crippen LogP contribution in [-0.4, -0.2) is 7.25 Å². The molecule has 0 spiro atoms. The van der Waals surface area contributed by atoms with Gasteiger partial charge >= 0.3 is 7.25 Å². The Kier molecular flexibility index (Phi) is 13.7. The number of halogens is 4. The summed E-state index contributed by atoms with van der Waals surface area (Å²) in [4.78, 5) is 0. The van der Waals surface area contributed by atoms with E-state index in [9.17, 15) is 17.3 Å². The summed E-state index contributed by atoms with van der Waals surface area (Å²) in [6.07, 6.45) is 18.6. The minimum absolute atomic E-state index is 1.18. The second-order valence-corrected chi connectivity index (χ2v) is 6.30. The number of hydrogen-bond donors (Lipinski definition) is 0. The second kappa shape index (κ2) is 14.3. The summed E-state index contributed by atoms with van der Waals surface area (Å²) in [6.45, 7) is 5.62. The number of aryl methyl sites for hydroxylation is 2. The lowest BCUT2D eigenvalue weighted by Crippen LogP contribution is -2.32. The molecule has 0 N–H and O–H groups in total. The van der Waals surface area contributed by atoms with Gasteiger partial charge in [0.2, 0.25) is 0 Å². The Morgan fingerprint density at radius 1 is 0.833 bits per heavy atom. The van der Waals surface area contributed by atoms with Crippen LogP contribution in [0.15, 0.2) is 24.5 Å². The molecule has 1 heterocycles. The molecule has 1 aromatic heterocycles. The van der Waals surface area contributed by atoms with Crippen LogP contribution in [0.5, 0.6) is 0 Å². The molecule has 24 heavy (non-hydrogen) atoms. The zero-order valence-corrected chi connectivity index (χ0v) is 15.1. The Morgan fingerprint density at radius 2 is 1.29 bits per heavy atom. The molecule has 1 aromatic rings. The van der Waals surface area contributed by atoms with Crippen molar-refractivity contribution in [2.75, 3.05) is 0 Å². The molecule has 0 atom stereocenters. The summed E-state index contributed by atoms with van der Waals surface area (Å²) in [5.41, 5.74) is 1.36. The van der Waals surface area contributed by atoms with E-state index in [0.717, 1.165) is 0 Å². The maximum atomic E-state index is 9.75. The van der Waals surface area contributed by atoms with Crippen LogP contribution in [0.2, 0.25) is 0 Å². The molecule has 0 amide bonds. The Balaban J connectivity index is 0.000000922. The van der Waals surface area contributed by atoms with Crippen molar-refractivity contribution in [2.45, 2.75) is 84.6 Å². The second-order valence-electron chi connectivity index (χ2n) is 6.30. The van der Waals surface area contributed by atoms with E-state index in [2.05, 4.69) is 42.9 Å². The van der Waals surface area contributed by atoms with Gasteiger partial charge in [0, 0.05) is 18.1 Å². The van der Waals surface area contributed by atoms with E-state index in [1.165, 1.54) is 76.3 Å². The SMILES string of the molecule is CCCCCCCCCCCC[n+]1cccc(C)c1.F[B-](F)(F)F. The highest BCUT2D eigenvalue weighted by molar-refractivity contribution is 6.50. The van der Waals surface area contributed by atoms with Crippen LogP contribution in [-0.2, 0) is 6.54 Å². The van der Waals surface area contributed by atoms with E-state index >= 15 is 0 Å². The molecule has 0 fully saturated rings. The van der Waals surface area contributed by atoms with Crippen molar-refractivity contribution in [3.8, 4) is 0 Å². The number of aromatic nitrogens is 1. The predicted octanol–water partition coefficient (Wildman–Crippen LogP) is 6.50. The number of pyridine rings is 1. The Bertz CT molecular complexity index is 404. The largest absolute Gasteiger partial charge is 0.673 e. The van der Waals surface area contributed by atoms with Gasteiger partial charge in [-0.3, -0.25) is 0 Å². The molecule has 0 aliphatic rings. The van der Waals surface area contributed by atoms with Crippen LogP contribution in [0.25, 0.3) is 0 Å². The van der Waals surface area contributed by atoms with Crippen molar-refractivity contribution in [1.29, 1.82) is 0 Å². The molecule has 1 nitrogen and oxygen atoms in total. The highest BCUT2D eigenvalue weighted by atomic mass is 19.5. The van der Waals surface area contributed by atoms with Gasteiger partial charge in [0.15, 0.2) is 12.4 Å². The van der Waals surface area contributed by atoms with Gasteiger partial charge in [-0.1, -0.05) is 58.3 Å². The minimum Gasteiger partial charge on any atom is -0.418 e. The monoisotopic (exact) mass is 349 g/mol. The molecule has 0 saturated carbocycles. The molecule has 0 aliphatic heterocycles. The zero-order valence-electron chi connectivity index (χ0n) is 15.1. The molecule has 1 rings (SSSR count). The first-order valence-electron chi connectivity index (χ1n) is 9.16. The third-order valence-corrected chi connectivity index (χ3v) is 3.78. The Labute approximate surface area is 144 Å². The van der Waals surface area contributed by atoms with Gasteiger partial charge < -0.3 is 17.3 Å². The summed E-state index contributed by atoms with van der Waals surface area (Å²) >= 11 is 0. The summed E-state index contributed by atoms with van der Waals surface area (Å²) in [5.74, 6) is 0. The van der Waals surface area contributed by atoms with Crippen molar-refractivity contribution in [3.63, 3.8) is 0 Å². The highest BCUT2D eigenvalue weighted by Crippen LogP contribution is 2.10. The van der Waals surface area contributed by atoms with Crippen molar-refractivity contribution >= 4 is 7.25 Å². The van der Waals surface area contributed by atoms with Crippen LogP contribution in [0, 0.1) is 6.92 Å². The fourth-order valence-corrected chi connectivity index (χ4v) is 2.57. The molecular formula is C18H32BF4N. The first-order valence-corrected chi connectivity index (χ1v) is 9.16. The molecule has 0 unspecified atom stereocenters. The van der Waals surface area contributed by atoms with E-state index in [0.29, 0.717) is 0 Å². The van der Waals surface area contributed by atoms with Crippen LogP contribution in [0.4, 0.5) is 17.3 Å². The molecule has 140 valence electrons. The summed E-state index contributed by atoms with van der Waals surface area (Å²) in [7, 11) is -6.00. The molecule has 6 heteroatoms. The lowest BCUT2D eigenvalue weighted by atomic mass is 10.1. The van der Waals surface area contributed by atoms with E-state index in [1.807, 2.05) is 0 Å². The summed E-state index contributed by atoms with van der Waals surface area (Å²) in [6, 6.07) is 4.31. The third-order valence-electron chi connectivity index (χ3n) is 3.78. The maximum Gasteiger partial charge on any atom is 0.673 e. The van der Waals surface area contributed by atoms with Crippen molar-refractivity contribution in [3.05, 3.63) is 30.1 Å². The smallest absolute Gasteiger partial charge is 0.418 e. The van der Waals surface area contributed by atoms with E-state index in [1.54, 1.807) is 0 Å². The Morgan fingerprint density at radius 3 is 1.75 bits per heavy atom. The van der Waals surface area contributed by atoms with Gasteiger partial charge in [-0.05, 0) is 19.4 Å². The molecule has 0 aliphatic carbocycles. The topological polar surface area (TPSA) is 3.88 Å². The van der Waals surface area contributed by atoms with E-state index in [-0.39, 0.29) is 0 Å². The van der Waals surface area contributed by atoms with Crippen molar-refractivity contribution in [1.82, 2.24) is 0 Å². The normalized spacial score (nSPS) is 11.1. The lowest BCUT2D eigenvalue weighted by molar-refractivity contribution is -0.697. The summed E-state index contributed by atoms with van der Waals surface area (Å²) in [5, 5.41) is 0. The first kappa shape index (κ1) is 22.9. The highest BCUT2D eigenvalue weighted by Gasteiger charge is 2.20. The van der Waals surface area contributed by atoms with Crippen LogP contribution in [0.1, 0.15) is 76.7 Å². The zero-order chi connectivity index (χ0) is 18.3. The molecular weight excluding hydrogens is 317 g/mol. The van der Waals surface area contributed by atoms with Crippen molar-refractivity contribution < 1.29 is 21.8 Å². The molecule has 0 saturated heterocycles. The third kappa shape index (κ3) is 19.0. The predicted molar refractivity (Wildman–Crippen MR) is 93.4 cm³/mol. The van der Waals surface area contributed by atoms with Gasteiger partial charge in [-0.2, -0.15) is 0 Å². The molecule has 0 aromatic carbocycles. The first-order chi connectivity index (χ1) is 11.3. The maximum absolute atomic E-state index is 9.75. The van der Waals surface area contributed by atoms with Crippen molar-refractivity contribution in [2.24, 2.45) is 0 Å². The van der Waals surface area contributed by atoms with Crippen LogP contribution in [0.3, 0.4) is 0 Å². The van der Waals surface area contributed by atoms with Crippen LogP contribution < -0.4 is 4.57 Å². The van der Waals surface area contributed by atoms with Gasteiger partial charge in [0.05, 0.1) is 0 Å². The van der Waals surface area contributed by atoms with E-state index in [4.69, 9.17) is 0 Å². The van der Waals surface area contributed by atoms with E-state index < -0.39 is 7.25 Å². The number of nitrogens with zero attached hydrogens (tertiary/aromatic N) is 1. The minimum atomic E-state index is -6.00. The van der Waals surface area contributed by atoms with Gasteiger partial charge in [0.25, 0.3) is 0 Å². The van der Waals surface area contributed by atoms with Gasteiger partial charge in [-0.15, -0.1) is 0 Å². The molecule has 0 bridgehead atoms. The number of hydrogen-bond acceptors (Lipinski definition) is 0. The van der Waals surface area contributed by atoms with Gasteiger partial charge in [0.1, 0.15) is 6.54 Å². The standard InChI is InChI=1S/C18H32N.BF4/c1-3-4-5-6-7-8-9-10-11-12-15-19-16-13-14-18(2)17-19;2-1(3,4)5/h13-14,16-17H,3-12,15H2,1-2H3;/q+1;-1. The molecule has 0 radical (unpaired) electrons. The number of unbranched alkanes of at least 4 members (excludes halogenated alkanes) is 9. The van der Waals surface area contributed by atoms with Crippen LogP contribution >= 0.6 is 0 Å². The fourth-order valence-electron chi connectivity index (χ4n) is 2.57. The summed E-state index contributed by atoms with van der Waals surface area (Å²) < 4.78 is 41.3.